The van der Waals surface area contributed by atoms with Crippen LogP contribution in [0.1, 0.15) is 56.0 Å². The van der Waals surface area contributed by atoms with Gasteiger partial charge >= 0.3 is 12.4 Å². The number of benzene rings is 4. The molecule has 0 bridgehead atoms. The summed E-state index contributed by atoms with van der Waals surface area (Å²) in [4.78, 5) is 0. The predicted molar refractivity (Wildman–Crippen MR) is 138 cm³/mol. The molecule has 1 atom stereocenters. The van der Waals surface area contributed by atoms with Crippen molar-refractivity contribution in [2.45, 2.75) is 51.4 Å². The molecular formula is C32H28F6. The fraction of sp³-hybridized carbons (Fsp3) is 0.250. The lowest BCUT2D eigenvalue weighted by Gasteiger charge is -2.23. The Morgan fingerprint density at radius 3 is 1.79 bits per heavy atom. The maximum Gasteiger partial charge on any atom is 0.416 e. The highest BCUT2D eigenvalue weighted by atomic mass is 19.4. The third-order valence-electron chi connectivity index (χ3n) is 6.89. The van der Waals surface area contributed by atoms with Crippen molar-refractivity contribution in [2.75, 3.05) is 0 Å². The maximum atomic E-state index is 13.4. The Balaban J connectivity index is 1.72. The molecule has 0 fully saturated rings. The number of rotatable bonds is 7. The molecule has 4 aromatic carbocycles. The minimum Gasteiger partial charge on any atom is -0.166 e. The Kier molecular flexibility index (Phi) is 8.00. The van der Waals surface area contributed by atoms with Crippen LogP contribution in [0.2, 0.25) is 0 Å². The number of alkyl halides is 6. The summed E-state index contributed by atoms with van der Waals surface area (Å²) in [5.41, 5.74) is 5.07. The van der Waals surface area contributed by atoms with Crippen LogP contribution >= 0.6 is 0 Å². The van der Waals surface area contributed by atoms with Crippen molar-refractivity contribution in [2.24, 2.45) is 0 Å². The van der Waals surface area contributed by atoms with Crippen molar-refractivity contribution in [3.63, 3.8) is 0 Å². The van der Waals surface area contributed by atoms with Gasteiger partial charge in [-0.3, -0.25) is 0 Å². The maximum absolute atomic E-state index is 13.4. The van der Waals surface area contributed by atoms with Gasteiger partial charge in [-0.2, -0.15) is 26.3 Å². The summed E-state index contributed by atoms with van der Waals surface area (Å²) in [7, 11) is 0. The third kappa shape index (κ3) is 6.85. The van der Waals surface area contributed by atoms with Gasteiger partial charge in [0.05, 0.1) is 11.1 Å². The van der Waals surface area contributed by atoms with Gasteiger partial charge in [-0.1, -0.05) is 78.4 Å². The van der Waals surface area contributed by atoms with Gasteiger partial charge in [-0.25, -0.2) is 0 Å². The second-order valence-electron chi connectivity index (χ2n) is 9.80. The zero-order valence-corrected chi connectivity index (χ0v) is 21.1. The van der Waals surface area contributed by atoms with E-state index in [0.29, 0.717) is 24.8 Å². The molecule has 0 spiro atoms. The van der Waals surface area contributed by atoms with E-state index in [1.54, 1.807) is 6.07 Å². The van der Waals surface area contributed by atoms with E-state index in [1.165, 1.54) is 24.3 Å². The van der Waals surface area contributed by atoms with E-state index in [0.717, 1.165) is 51.6 Å². The lowest BCUT2D eigenvalue weighted by atomic mass is 9.81. The Labute approximate surface area is 219 Å². The monoisotopic (exact) mass is 526 g/mol. The van der Waals surface area contributed by atoms with Crippen LogP contribution in [-0.2, 0) is 31.6 Å². The van der Waals surface area contributed by atoms with Crippen LogP contribution in [-0.4, -0.2) is 0 Å². The van der Waals surface area contributed by atoms with Crippen molar-refractivity contribution in [3.05, 3.63) is 141 Å². The highest BCUT2D eigenvalue weighted by Crippen LogP contribution is 2.35. The van der Waals surface area contributed by atoms with E-state index in [2.05, 4.69) is 0 Å². The van der Waals surface area contributed by atoms with Gasteiger partial charge in [-0.15, -0.1) is 0 Å². The zero-order valence-electron chi connectivity index (χ0n) is 21.1. The summed E-state index contributed by atoms with van der Waals surface area (Å²) in [6, 6.07) is 24.5. The molecule has 38 heavy (non-hydrogen) atoms. The first kappa shape index (κ1) is 27.5. The molecule has 198 valence electrons. The van der Waals surface area contributed by atoms with Crippen molar-refractivity contribution < 1.29 is 26.3 Å². The van der Waals surface area contributed by atoms with Gasteiger partial charge in [0.25, 0.3) is 0 Å². The standard InChI is InChI=1S/C32H28F6/c1-21-9-11-23(12-10-21)17-26(18-25-6-4-7-28(19-25)32(36,37)38)29-8-3-5-22(2)30(29)20-24-13-15-27(16-14-24)31(33,34)35/h3-16,19,26H,17-18,20H2,1-2H3. The van der Waals surface area contributed by atoms with E-state index in [4.69, 9.17) is 0 Å². The lowest BCUT2D eigenvalue weighted by molar-refractivity contribution is -0.138. The third-order valence-corrected chi connectivity index (χ3v) is 6.89. The number of aryl methyl sites for hydroxylation is 2. The molecular weight excluding hydrogens is 498 g/mol. The number of halogens is 6. The van der Waals surface area contributed by atoms with Gasteiger partial charge in [0, 0.05) is 0 Å². The molecule has 0 aliphatic rings. The summed E-state index contributed by atoms with van der Waals surface area (Å²) < 4.78 is 79.4. The molecule has 0 aliphatic heterocycles. The molecule has 4 aromatic rings. The van der Waals surface area contributed by atoms with Crippen LogP contribution in [0.5, 0.6) is 0 Å². The van der Waals surface area contributed by atoms with Gasteiger partial charge < -0.3 is 0 Å². The molecule has 6 heteroatoms. The van der Waals surface area contributed by atoms with E-state index in [1.807, 2.05) is 56.3 Å². The second kappa shape index (κ2) is 11.1. The van der Waals surface area contributed by atoms with Gasteiger partial charge in [0.2, 0.25) is 0 Å². The molecule has 0 heterocycles. The van der Waals surface area contributed by atoms with Crippen LogP contribution in [0.25, 0.3) is 0 Å². The Morgan fingerprint density at radius 1 is 0.579 bits per heavy atom. The van der Waals surface area contributed by atoms with E-state index < -0.39 is 23.5 Å². The van der Waals surface area contributed by atoms with Crippen molar-refractivity contribution in [3.8, 4) is 0 Å². The molecule has 0 saturated heterocycles. The lowest BCUT2D eigenvalue weighted by Crippen LogP contribution is -2.12. The quantitative estimate of drug-likeness (QED) is 0.210. The summed E-state index contributed by atoms with van der Waals surface area (Å²) in [6.07, 6.45) is -7.41. The van der Waals surface area contributed by atoms with Crippen molar-refractivity contribution >= 4 is 0 Å². The molecule has 0 amide bonds. The minimum atomic E-state index is -4.43. The molecule has 0 nitrogen and oxygen atoms in total. The summed E-state index contributed by atoms with van der Waals surface area (Å²) >= 11 is 0. The van der Waals surface area contributed by atoms with Crippen LogP contribution < -0.4 is 0 Å². The minimum absolute atomic E-state index is 0.134. The summed E-state index contributed by atoms with van der Waals surface area (Å²) in [5.74, 6) is -0.134. The second-order valence-corrected chi connectivity index (χ2v) is 9.80. The molecule has 4 rings (SSSR count). The van der Waals surface area contributed by atoms with Crippen LogP contribution in [0.15, 0.2) is 91.0 Å². The number of hydrogen-bond donors (Lipinski definition) is 0. The van der Waals surface area contributed by atoms with Crippen molar-refractivity contribution in [1.82, 2.24) is 0 Å². The molecule has 0 N–H and O–H groups in total. The fourth-order valence-electron chi connectivity index (χ4n) is 4.82. The van der Waals surface area contributed by atoms with Crippen LogP contribution in [0, 0.1) is 13.8 Å². The smallest absolute Gasteiger partial charge is 0.166 e. The first-order valence-electron chi connectivity index (χ1n) is 12.4. The summed E-state index contributed by atoms with van der Waals surface area (Å²) in [5, 5.41) is 0. The first-order chi connectivity index (χ1) is 17.9. The highest BCUT2D eigenvalue weighted by molar-refractivity contribution is 5.43. The van der Waals surface area contributed by atoms with E-state index in [-0.39, 0.29) is 5.92 Å². The highest BCUT2D eigenvalue weighted by Gasteiger charge is 2.31. The van der Waals surface area contributed by atoms with Crippen LogP contribution in [0.4, 0.5) is 26.3 Å². The Bertz CT molecular complexity index is 1360. The Morgan fingerprint density at radius 2 is 1.16 bits per heavy atom. The van der Waals surface area contributed by atoms with Crippen molar-refractivity contribution in [1.29, 1.82) is 0 Å². The van der Waals surface area contributed by atoms with Crippen LogP contribution in [0.3, 0.4) is 0 Å². The molecule has 1 unspecified atom stereocenters. The fourth-order valence-corrected chi connectivity index (χ4v) is 4.82. The Hall–Kier alpha value is -3.54. The van der Waals surface area contributed by atoms with Gasteiger partial charge in [-0.05, 0) is 90.6 Å². The average Bonchev–Trinajstić information content (AvgIpc) is 2.86. The summed E-state index contributed by atoms with van der Waals surface area (Å²) in [6.45, 7) is 3.95. The SMILES string of the molecule is Cc1ccc(CC(Cc2cccc(C(F)(F)F)c2)c2cccc(C)c2Cc2ccc(C(F)(F)F)cc2)cc1. The molecule has 0 saturated carbocycles. The van der Waals surface area contributed by atoms with E-state index >= 15 is 0 Å². The topological polar surface area (TPSA) is 0 Å². The van der Waals surface area contributed by atoms with Gasteiger partial charge in [0.1, 0.15) is 0 Å². The largest absolute Gasteiger partial charge is 0.416 e. The zero-order chi connectivity index (χ0) is 27.5. The molecule has 0 aliphatic carbocycles. The average molecular weight is 527 g/mol. The molecule has 0 aromatic heterocycles. The van der Waals surface area contributed by atoms with Gasteiger partial charge in [0.15, 0.2) is 0 Å². The predicted octanol–water partition coefficient (Wildman–Crippen LogP) is 9.50. The normalized spacial score (nSPS) is 12.9. The molecule has 0 radical (unpaired) electrons. The first-order valence-corrected chi connectivity index (χ1v) is 12.4. The van der Waals surface area contributed by atoms with E-state index in [9.17, 15) is 26.3 Å². The number of hydrogen-bond acceptors (Lipinski definition) is 0.